The topological polar surface area (TPSA) is 61.6 Å². The molecule has 0 saturated carbocycles. The van der Waals surface area contributed by atoms with Crippen LogP contribution in [-0.2, 0) is 19.4 Å². The zero-order valence-electron chi connectivity index (χ0n) is 13.9. The molecule has 0 amide bonds. The van der Waals surface area contributed by atoms with Gasteiger partial charge in [0.2, 0.25) is 0 Å². The average molecular weight is 326 g/mol. The lowest BCUT2D eigenvalue weighted by molar-refractivity contribution is 0.899. The molecule has 0 saturated heterocycles. The van der Waals surface area contributed by atoms with Crippen molar-refractivity contribution in [3.63, 3.8) is 0 Å². The van der Waals surface area contributed by atoms with Crippen LogP contribution < -0.4 is 5.32 Å². The maximum absolute atomic E-state index is 8.96. The molecule has 1 aromatic heterocycles. The first-order valence-electron chi connectivity index (χ1n) is 8.51. The van der Waals surface area contributed by atoms with E-state index in [4.69, 9.17) is 15.2 Å². The molecule has 0 spiro atoms. The number of rotatable bonds is 4. The Kier molecular flexibility index (Phi) is 4.14. The zero-order valence-corrected chi connectivity index (χ0v) is 13.9. The molecule has 1 N–H and O–H groups in total. The van der Waals surface area contributed by atoms with Gasteiger partial charge in [0.1, 0.15) is 5.82 Å². The maximum atomic E-state index is 8.96. The molecule has 0 aliphatic heterocycles. The Morgan fingerprint density at radius 1 is 0.960 bits per heavy atom. The van der Waals surface area contributed by atoms with E-state index in [0.29, 0.717) is 5.56 Å². The highest BCUT2D eigenvalue weighted by atomic mass is 15.0. The molecule has 0 unspecified atom stereocenters. The summed E-state index contributed by atoms with van der Waals surface area (Å²) in [6.45, 7) is 0.747. The monoisotopic (exact) mass is 326 g/mol. The number of aryl methyl sites for hydroxylation is 1. The van der Waals surface area contributed by atoms with Gasteiger partial charge in [-0.15, -0.1) is 0 Å². The summed E-state index contributed by atoms with van der Waals surface area (Å²) in [5.41, 5.74) is 5.20. The van der Waals surface area contributed by atoms with Gasteiger partial charge in [0.15, 0.2) is 5.82 Å². The highest BCUT2D eigenvalue weighted by Crippen LogP contribution is 2.29. The summed E-state index contributed by atoms with van der Waals surface area (Å²) < 4.78 is 0. The number of aromatic nitrogens is 2. The van der Waals surface area contributed by atoms with Gasteiger partial charge in [-0.3, -0.25) is 0 Å². The zero-order chi connectivity index (χ0) is 17.1. The molecular formula is C21H18N4. The minimum Gasteiger partial charge on any atom is -0.366 e. The Hall–Kier alpha value is -3.19. The van der Waals surface area contributed by atoms with Gasteiger partial charge in [-0.2, -0.15) is 5.26 Å². The first-order chi connectivity index (χ1) is 12.3. The number of hydrogen-bond donors (Lipinski definition) is 1. The normalized spacial score (nSPS) is 12.4. The van der Waals surface area contributed by atoms with E-state index < -0.39 is 0 Å². The van der Waals surface area contributed by atoms with Gasteiger partial charge < -0.3 is 5.32 Å². The molecule has 1 aliphatic rings. The Labute approximate surface area is 147 Å². The maximum Gasteiger partial charge on any atom is 0.161 e. The van der Waals surface area contributed by atoms with Crippen molar-refractivity contribution in [3.8, 4) is 17.5 Å². The fraction of sp³-hybridized carbons (Fsp3) is 0.190. The summed E-state index contributed by atoms with van der Waals surface area (Å²) in [5, 5.41) is 12.4. The average Bonchev–Trinajstić information content (AvgIpc) is 3.16. The minimum absolute atomic E-state index is 0.646. The van der Waals surface area contributed by atoms with Gasteiger partial charge in [-0.25, -0.2) is 9.97 Å². The van der Waals surface area contributed by atoms with Gasteiger partial charge in [-0.1, -0.05) is 30.3 Å². The van der Waals surface area contributed by atoms with E-state index in [1.54, 1.807) is 0 Å². The molecule has 122 valence electrons. The lowest BCUT2D eigenvalue weighted by Gasteiger charge is -2.12. The standard InChI is InChI=1S/C21H18N4/c22-13-15-9-11-17(12-10-15)20-24-19-8-4-7-18(19)21(25-20)23-14-16-5-2-1-3-6-16/h1-3,5-6,9-12H,4,7-8,14H2,(H,23,24,25). The van der Waals surface area contributed by atoms with Crippen LogP contribution in [0.2, 0.25) is 0 Å². The summed E-state index contributed by atoms with van der Waals surface area (Å²) in [4.78, 5) is 9.54. The van der Waals surface area contributed by atoms with Crippen molar-refractivity contribution in [2.75, 3.05) is 5.32 Å². The van der Waals surface area contributed by atoms with Crippen molar-refractivity contribution < 1.29 is 0 Å². The Morgan fingerprint density at radius 3 is 2.52 bits per heavy atom. The van der Waals surface area contributed by atoms with E-state index in [9.17, 15) is 0 Å². The predicted molar refractivity (Wildman–Crippen MR) is 98.0 cm³/mol. The van der Waals surface area contributed by atoms with Crippen molar-refractivity contribution >= 4 is 5.82 Å². The quantitative estimate of drug-likeness (QED) is 0.783. The van der Waals surface area contributed by atoms with Gasteiger partial charge in [0.05, 0.1) is 11.6 Å². The van der Waals surface area contributed by atoms with E-state index in [0.717, 1.165) is 48.7 Å². The van der Waals surface area contributed by atoms with Gasteiger partial charge in [0, 0.05) is 23.4 Å². The molecule has 0 bridgehead atoms. The van der Waals surface area contributed by atoms with Crippen LogP contribution in [0.4, 0.5) is 5.82 Å². The molecule has 2 aromatic carbocycles. The molecule has 4 nitrogen and oxygen atoms in total. The van der Waals surface area contributed by atoms with Gasteiger partial charge in [0.25, 0.3) is 0 Å². The minimum atomic E-state index is 0.646. The molecule has 4 rings (SSSR count). The first kappa shape index (κ1) is 15.3. The summed E-state index contributed by atoms with van der Waals surface area (Å²) >= 11 is 0. The number of nitriles is 1. The lowest BCUT2D eigenvalue weighted by atomic mass is 10.1. The van der Waals surface area contributed by atoms with E-state index in [-0.39, 0.29) is 0 Å². The molecule has 0 radical (unpaired) electrons. The van der Waals surface area contributed by atoms with Crippen LogP contribution in [0.1, 0.15) is 28.8 Å². The van der Waals surface area contributed by atoms with Crippen LogP contribution in [0.5, 0.6) is 0 Å². The fourth-order valence-electron chi connectivity index (χ4n) is 3.18. The number of anilines is 1. The van der Waals surface area contributed by atoms with Crippen LogP contribution in [0.15, 0.2) is 54.6 Å². The molecule has 0 atom stereocenters. The van der Waals surface area contributed by atoms with E-state index in [1.807, 2.05) is 42.5 Å². The summed E-state index contributed by atoms with van der Waals surface area (Å²) in [6.07, 6.45) is 3.15. The van der Waals surface area contributed by atoms with Gasteiger partial charge in [-0.05, 0) is 49.1 Å². The molecule has 1 heterocycles. The second-order valence-corrected chi connectivity index (χ2v) is 6.20. The van der Waals surface area contributed by atoms with E-state index >= 15 is 0 Å². The number of nitrogens with zero attached hydrogens (tertiary/aromatic N) is 3. The van der Waals surface area contributed by atoms with Crippen molar-refractivity contribution in [2.45, 2.75) is 25.8 Å². The lowest BCUT2D eigenvalue weighted by Crippen LogP contribution is -2.07. The highest BCUT2D eigenvalue weighted by molar-refractivity contribution is 5.61. The van der Waals surface area contributed by atoms with Crippen LogP contribution >= 0.6 is 0 Å². The Balaban J connectivity index is 1.66. The molecule has 3 aromatic rings. The van der Waals surface area contributed by atoms with Crippen LogP contribution in [0, 0.1) is 11.3 Å². The second-order valence-electron chi connectivity index (χ2n) is 6.20. The third-order valence-corrected chi connectivity index (χ3v) is 4.51. The molecule has 1 aliphatic carbocycles. The van der Waals surface area contributed by atoms with Crippen LogP contribution in [0.25, 0.3) is 11.4 Å². The van der Waals surface area contributed by atoms with Crippen molar-refractivity contribution in [1.82, 2.24) is 9.97 Å². The highest BCUT2D eigenvalue weighted by Gasteiger charge is 2.19. The number of nitrogens with one attached hydrogen (secondary N) is 1. The third kappa shape index (κ3) is 3.22. The summed E-state index contributed by atoms with van der Waals surface area (Å²) in [7, 11) is 0. The Morgan fingerprint density at radius 2 is 1.76 bits per heavy atom. The number of hydrogen-bond acceptors (Lipinski definition) is 4. The molecule has 25 heavy (non-hydrogen) atoms. The fourth-order valence-corrected chi connectivity index (χ4v) is 3.18. The van der Waals surface area contributed by atoms with Crippen LogP contribution in [-0.4, -0.2) is 9.97 Å². The van der Waals surface area contributed by atoms with Gasteiger partial charge >= 0.3 is 0 Å². The van der Waals surface area contributed by atoms with Crippen molar-refractivity contribution in [2.24, 2.45) is 0 Å². The smallest absolute Gasteiger partial charge is 0.161 e. The van der Waals surface area contributed by atoms with Crippen LogP contribution in [0.3, 0.4) is 0 Å². The van der Waals surface area contributed by atoms with Crippen molar-refractivity contribution in [1.29, 1.82) is 5.26 Å². The van der Waals surface area contributed by atoms with Crippen molar-refractivity contribution in [3.05, 3.63) is 77.0 Å². The SMILES string of the molecule is N#Cc1ccc(-c2nc3c(c(NCc4ccccc4)n2)CCC3)cc1. The number of fused-ring (bicyclic) bond motifs is 1. The first-order valence-corrected chi connectivity index (χ1v) is 8.51. The third-order valence-electron chi connectivity index (χ3n) is 4.51. The second kappa shape index (κ2) is 6.74. The van der Waals surface area contributed by atoms with E-state index in [1.165, 1.54) is 11.1 Å². The molecular weight excluding hydrogens is 308 g/mol. The summed E-state index contributed by atoms with van der Waals surface area (Å²) in [5.74, 6) is 1.66. The summed E-state index contributed by atoms with van der Waals surface area (Å²) in [6, 6.07) is 19.9. The molecule has 4 heteroatoms. The molecule has 0 fully saturated rings. The Bertz CT molecular complexity index is 925. The number of benzene rings is 2. The van der Waals surface area contributed by atoms with E-state index in [2.05, 4.69) is 23.5 Å². The largest absolute Gasteiger partial charge is 0.366 e. The predicted octanol–water partition coefficient (Wildman–Crippen LogP) is 4.12.